The van der Waals surface area contributed by atoms with E-state index in [1.54, 1.807) is 0 Å². The molecule has 2 fully saturated rings. The Hall–Kier alpha value is -0.610. The van der Waals surface area contributed by atoms with Gasteiger partial charge in [0.05, 0.1) is 19.7 Å². The van der Waals surface area contributed by atoms with Gasteiger partial charge in [0.1, 0.15) is 6.04 Å². The van der Waals surface area contributed by atoms with Gasteiger partial charge in [-0.1, -0.05) is 0 Å². The zero-order chi connectivity index (χ0) is 11.7. The molecule has 0 spiro atoms. The molecule has 4 nitrogen and oxygen atoms in total. The molecule has 2 saturated heterocycles. The molecule has 4 heteroatoms. The number of piperazine rings is 1. The minimum atomic E-state index is -0.0821. The third-order valence-electron chi connectivity index (χ3n) is 4.38. The molecular formula is C12H23N2O2+. The van der Waals surface area contributed by atoms with Gasteiger partial charge in [-0.05, 0) is 26.7 Å². The number of ether oxygens (including phenoxy) is 1. The molecule has 4 unspecified atom stereocenters. The van der Waals surface area contributed by atoms with Gasteiger partial charge in [-0.25, -0.2) is 4.79 Å². The van der Waals surface area contributed by atoms with E-state index in [2.05, 4.69) is 18.7 Å². The summed E-state index contributed by atoms with van der Waals surface area (Å²) in [5, 5.41) is 0. The second kappa shape index (κ2) is 4.72. The van der Waals surface area contributed by atoms with Crippen LogP contribution in [0.3, 0.4) is 0 Å². The van der Waals surface area contributed by atoms with Crippen molar-refractivity contribution < 1.29 is 14.4 Å². The Labute approximate surface area is 97.5 Å². The second-order valence-electron chi connectivity index (χ2n) is 5.18. The van der Waals surface area contributed by atoms with Crippen LogP contribution in [0, 0.1) is 0 Å². The van der Waals surface area contributed by atoms with Gasteiger partial charge in [0, 0.05) is 12.6 Å². The maximum Gasteiger partial charge on any atom is 0.361 e. The molecule has 0 radical (unpaired) electrons. The number of nitrogens with one attached hydrogen (secondary N) is 1. The summed E-state index contributed by atoms with van der Waals surface area (Å²) in [6.07, 6.45) is 2.59. The van der Waals surface area contributed by atoms with Crippen LogP contribution < -0.4 is 4.90 Å². The number of quaternary nitrogens is 1. The van der Waals surface area contributed by atoms with E-state index in [1.807, 2.05) is 0 Å². The van der Waals surface area contributed by atoms with E-state index in [0.717, 1.165) is 19.1 Å². The van der Waals surface area contributed by atoms with E-state index in [-0.39, 0.29) is 5.97 Å². The number of nitrogens with zero attached hydrogens (tertiary/aromatic N) is 1. The normalized spacial score (nSPS) is 39.4. The summed E-state index contributed by atoms with van der Waals surface area (Å²) in [4.78, 5) is 15.3. The molecule has 92 valence electrons. The first-order valence-electron chi connectivity index (χ1n) is 6.30. The zero-order valence-electron chi connectivity index (χ0n) is 10.5. The molecule has 2 aliphatic heterocycles. The molecule has 2 aliphatic rings. The van der Waals surface area contributed by atoms with Crippen molar-refractivity contribution in [2.45, 2.75) is 44.8 Å². The van der Waals surface area contributed by atoms with Crippen LogP contribution in [0.25, 0.3) is 0 Å². The van der Waals surface area contributed by atoms with E-state index in [0.29, 0.717) is 18.6 Å². The van der Waals surface area contributed by atoms with Gasteiger partial charge in [0.15, 0.2) is 6.54 Å². The maximum atomic E-state index is 11.3. The topological polar surface area (TPSA) is 34.0 Å². The molecule has 0 aromatic heterocycles. The minimum absolute atomic E-state index is 0.0821. The highest BCUT2D eigenvalue weighted by atomic mass is 16.5. The lowest BCUT2D eigenvalue weighted by atomic mass is 10.0. The van der Waals surface area contributed by atoms with Crippen molar-refractivity contribution in [3.05, 3.63) is 0 Å². The van der Waals surface area contributed by atoms with Crippen molar-refractivity contribution in [1.82, 2.24) is 4.90 Å². The van der Waals surface area contributed by atoms with E-state index >= 15 is 0 Å². The largest absolute Gasteiger partial charge is 0.465 e. The number of methoxy groups -OCH3 is 1. The fraction of sp³-hybridized carbons (Fsp3) is 0.917. The highest BCUT2D eigenvalue weighted by Crippen LogP contribution is 2.26. The predicted molar refractivity (Wildman–Crippen MR) is 61.4 cm³/mol. The third kappa shape index (κ3) is 2.09. The molecule has 2 rings (SSSR count). The average molecular weight is 227 g/mol. The highest BCUT2D eigenvalue weighted by Gasteiger charge is 2.42. The van der Waals surface area contributed by atoms with Crippen LogP contribution in [-0.2, 0) is 9.53 Å². The lowest BCUT2D eigenvalue weighted by Crippen LogP contribution is -3.19. The first-order chi connectivity index (χ1) is 7.63. The van der Waals surface area contributed by atoms with Crippen molar-refractivity contribution in [3.63, 3.8) is 0 Å². The van der Waals surface area contributed by atoms with Gasteiger partial charge in [0.25, 0.3) is 0 Å². The number of esters is 1. The van der Waals surface area contributed by atoms with Crippen molar-refractivity contribution >= 4 is 5.97 Å². The molecule has 0 saturated carbocycles. The van der Waals surface area contributed by atoms with E-state index in [4.69, 9.17) is 4.74 Å². The van der Waals surface area contributed by atoms with Crippen molar-refractivity contribution in [1.29, 1.82) is 0 Å². The molecule has 2 heterocycles. The van der Waals surface area contributed by atoms with Crippen LogP contribution in [0.4, 0.5) is 0 Å². The van der Waals surface area contributed by atoms with Gasteiger partial charge in [0.2, 0.25) is 0 Å². The summed E-state index contributed by atoms with van der Waals surface area (Å²) < 4.78 is 4.76. The highest BCUT2D eigenvalue weighted by molar-refractivity contribution is 5.70. The standard InChI is InChI=1S/C12H22N2O2/c1-9-4-5-11-10(2)13(6-7-14(9)11)8-12(15)16-3/h9-11H,4-8H2,1-3H3/p+1. The van der Waals surface area contributed by atoms with Crippen LogP contribution in [0.5, 0.6) is 0 Å². The first kappa shape index (κ1) is 11.9. The number of hydrogen-bond acceptors (Lipinski definition) is 3. The number of carbonyl (C=O) groups excluding carboxylic acids is 1. The van der Waals surface area contributed by atoms with E-state index in [9.17, 15) is 4.79 Å². The van der Waals surface area contributed by atoms with E-state index < -0.39 is 0 Å². The molecule has 0 aromatic carbocycles. The first-order valence-corrected chi connectivity index (χ1v) is 6.30. The summed E-state index contributed by atoms with van der Waals surface area (Å²) in [6, 6.07) is 1.95. The summed E-state index contributed by atoms with van der Waals surface area (Å²) >= 11 is 0. The summed E-state index contributed by atoms with van der Waals surface area (Å²) in [5.74, 6) is -0.0821. The lowest BCUT2D eigenvalue weighted by molar-refractivity contribution is -0.924. The summed E-state index contributed by atoms with van der Waals surface area (Å²) in [6.45, 7) is 7.31. The molecular weight excluding hydrogens is 204 g/mol. The maximum absolute atomic E-state index is 11.3. The Morgan fingerprint density at radius 3 is 2.88 bits per heavy atom. The average Bonchev–Trinajstić information content (AvgIpc) is 2.65. The zero-order valence-corrected chi connectivity index (χ0v) is 10.5. The number of carbonyl (C=O) groups is 1. The third-order valence-corrected chi connectivity index (χ3v) is 4.38. The van der Waals surface area contributed by atoms with Gasteiger partial charge in [-0.15, -0.1) is 0 Å². The van der Waals surface area contributed by atoms with Crippen molar-refractivity contribution in [2.75, 3.05) is 26.7 Å². The summed E-state index contributed by atoms with van der Waals surface area (Å²) in [5.41, 5.74) is 0. The monoisotopic (exact) mass is 227 g/mol. The molecule has 1 N–H and O–H groups in total. The van der Waals surface area contributed by atoms with Crippen LogP contribution >= 0.6 is 0 Å². The van der Waals surface area contributed by atoms with Gasteiger partial charge < -0.3 is 9.64 Å². The van der Waals surface area contributed by atoms with Crippen LogP contribution in [-0.4, -0.2) is 55.7 Å². The van der Waals surface area contributed by atoms with E-state index in [1.165, 1.54) is 24.9 Å². The smallest absolute Gasteiger partial charge is 0.361 e. The van der Waals surface area contributed by atoms with Gasteiger partial charge in [-0.2, -0.15) is 0 Å². The fourth-order valence-corrected chi connectivity index (χ4v) is 3.27. The Morgan fingerprint density at radius 1 is 1.44 bits per heavy atom. The van der Waals surface area contributed by atoms with Crippen LogP contribution in [0.1, 0.15) is 26.7 Å². The molecule has 0 bridgehead atoms. The molecule has 4 atom stereocenters. The van der Waals surface area contributed by atoms with Crippen molar-refractivity contribution in [3.8, 4) is 0 Å². The molecule has 0 amide bonds. The SMILES string of the molecule is COC(=O)C[NH+]1CCN2C(C)CCC2C1C. The Kier molecular flexibility index (Phi) is 3.50. The van der Waals surface area contributed by atoms with Crippen LogP contribution in [0.15, 0.2) is 0 Å². The molecule has 0 aliphatic carbocycles. The molecule has 16 heavy (non-hydrogen) atoms. The predicted octanol–water partition coefficient (Wildman–Crippen LogP) is -0.701. The van der Waals surface area contributed by atoms with Crippen molar-refractivity contribution in [2.24, 2.45) is 0 Å². The Balaban J connectivity index is 1.97. The fourth-order valence-electron chi connectivity index (χ4n) is 3.27. The van der Waals surface area contributed by atoms with Crippen LogP contribution in [0.2, 0.25) is 0 Å². The number of hydrogen-bond donors (Lipinski definition) is 1. The second-order valence-corrected chi connectivity index (χ2v) is 5.18. The van der Waals surface area contributed by atoms with Gasteiger partial charge >= 0.3 is 5.97 Å². The number of rotatable bonds is 2. The van der Waals surface area contributed by atoms with Gasteiger partial charge in [-0.3, -0.25) is 4.90 Å². The Morgan fingerprint density at radius 2 is 2.19 bits per heavy atom. The minimum Gasteiger partial charge on any atom is -0.465 e. The lowest BCUT2D eigenvalue weighted by Gasteiger charge is -2.41. The summed E-state index contributed by atoms with van der Waals surface area (Å²) in [7, 11) is 1.47. The molecule has 0 aromatic rings. The quantitative estimate of drug-likeness (QED) is 0.633. The number of fused-ring (bicyclic) bond motifs is 1. The Bertz CT molecular complexity index is 270.